The van der Waals surface area contributed by atoms with Crippen molar-refractivity contribution in [1.29, 1.82) is 0 Å². The lowest BCUT2D eigenvalue weighted by atomic mass is 9.61. The summed E-state index contributed by atoms with van der Waals surface area (Å²) in [4.78, 5) is 48.0. The zero-order chi connectivity index (χ0) is 49.3. The second-order valence-electron chi connectivity index (χ2n) is 19.2. The van der Waals surface area contributed by atoms with E-state index < -0.39 is 23.1 Å². The minimum Gasteiger partial charge on any atom is -0.396 e. The van der Waals surface area contributed by atoms with Gasteiger partial charge in [-0.15, -0.1) is 0 Å². The van der Waals surface area contributed by atoms with Crippen LogP contribution in [0.2, 0.25) is 0 Å². The van der Waals surface area contributed by atoms with Gasteiger partial charge in [-0.25, -0.2) is 23.7 Å². The Labute approximate surface area is 394 Å². The normalized spacial score (nSPS) is 18.6. The number of anilines is 2. The van der Waals surface area contributed by atoms with Crippen LogP contribution in [-0.2, 0) is 25.7 Å². The molecule has 17 heteroatoms. The van der Waals surface area contributed by atoms with Crippen molar-refractivity contribution in [2.75, 3.05) is 43.6 Å². The summed E-state index contributed by atoms with van der Waals surface area (Å²) in [6.07, 6.45) is 11.5. The van der Waals surface area contributed by atoms with E-state index in [4.69, 9.17) is 15.6 Å². The number of fused-ring (bicyclic) bond motifs is 4. The summed E-state index contributed by atoms with van der Waals surface area (Å²) >= 11 is 0. The number of aromatic nitrogens is 4. The van der Waals surface area contributed by atoms with E-state index in [9.17, 15) is 23.9 Å². The monoisotopic (exact) mass is 936 g/mol. The third kappa shape index (κ3) is 16.0. The maximum absolute atomic E-state index is 15.1. The number of aliphatic hydroxyl groups is 2. The van der Waals surface area contributed by atoms with Crippen LogP contribution in [0.5, 0.6) is 0 Å². The molecule has 3 saturated carbocycles. The topological polar surface area (TPSA) is 219 Å². The lowest BCUT2D eigenvalue weighted by molar-refractivity contribution is -0.131. The lowest BCUT2D eigenvalue weighted by Gasteiger charge is -2.49. The molecule has 0 aliphatic heterocycles. The molecule has 3 heterocycles. The Morgan fingerprint density at radius 1 is 0.970 bits per heavy atom. The average molecular weight is 936 g/mol. The molecule has 15 nitrogen and oxygen atoms in total. The molecule has 0 saturated heterocycles. The van der Waals surface area contributed by atoms with E-state index >= 15 is 4.39 Å². The Morgan fingerprint density at radius 3 is 2.25 bits per heavy atom. The van der Waals surface area contributed by atoms with Crippen molar-refractivity contribution in [3.63, 3.8) is 0 Å². The Morgan fingerprint density at radius 2 is 1.66 bits per heavy atom. The van der Waals surface area contributed by atoms with Crippen LogP contribution in [-0.4, -0.2) is 99.1 Å². The molecule has 7 rings (SSSR count). The Bertz CT molecular complexity index is 2160. The molecule has 370 valence electrons. The van der Waals surface area contributed by atoms with Gasteiger partial charge in [-0.2, -0.15) is 0 Å². The molecule has 0 radical (unpaired) electrons. The Kier molecular flexibility index (Phi) is 21.5. The molecule has 1 unspecified atom stereocenters. The van der Waals surface area contributed by atoms with Crippen molar-refractivity contribution < 1.29 is 38.1 Å². The van der Waals surface area contributed by atoms with Gasteiger partial charge in [0, 0.05) is 60.1 Å². The Hall–Kier alpha value is -5.10. The van der Waals surface area contributed by atoms with Gasteiger partial charge >= 0.3 is 0 Å². The first kappa shape index (κ1) is 54.5. The van der Waals surface area contributed by atoms with E-state index in [1.807, 2.05) is 37.5 Å². The number of ether oxygens (including phenoxy) is 1. The zero-order valence-electron chi connectivity index (χ0n) is 40.7. The molecule has 2 bridgehead atoms. The first-order valence-electron chi connectivity index (χ1n) is 23.8. The fourth-order valence-corrected chi connectivity index (χ4v) is 8.39. The highest BCUT2D eigenvalue weighted by Gasteiger charge is 2.43. The van der Waals surface area contributed by atoms with Crippen LogP contribution in [0, 0.1) is 46.6 Å². The molecule has 3 aromatic heterocycles. The molecule has 3 aliphatic rings. The van der Waals surface area contributed by atoms with Crippen LogP contribution in [0.25, 0.3) is 22.4 Å². The second-order valence-corrected chi connectivity index (χ2v) is 19.2. The third-order valence-corrected chi connectivity index (χ3v) is 12.9. The molecule has 1 aromatic carbocycles. The maximum Gasteiger partial charge on any atom is 0.246 e. The molecule has 4 atom stereocenters. The van der Waals surface area contributed by atoms with Crippen LogP contribution in [0.15, 0.2) is 48.9 Å². The summed E-state index contributed by atoms with van der Waals surface area (Å²) in [6, 6.07) is 8.10. The SMILES string of the molecule is CC(C)C(C)NC(=O)C(C)(C)CCOCCO.CC(C)CCN.C[C@H](NC=O)C(=O)Nc1ccc(Cn2cc(-c3ncc(F)c(N[C@H]4C5CCC(CC5)[C@@H]4CCO)n3)c3cc(F)cnc32)cc1. The fraction of sp³-hybridized carbons (Fsp3) is 0.600. The van der Waals surface area contributed by atoms with Gasteiger partial charge in [0.15, 0.2) is 17.5 Å². The molecular formula is C50H75F2N9O6. The molecule has 8 N–H and O–H groups in total. The van der Waals surface area contributed by atoms with Crippen LogP contribution in [0.1, 0.15) is 106 Å². The predicted molar refractivity (Wildman–Crippen MR) is 259 cm³/mol. The number of halogens is 2. The smallest absolute Gasteiger partial charge is 0.246 e. The number of carbonyl (C=O) groups is 3. The van der Waals surface area contributed by atoms with Crippen LogP contribution in [0.3, 0.4) is 0 Å². The van der Waals surface area contributed by atoms with Gasteiger partial charge < -0.3 is 46.5 Å². The number of benzene rings is 1. The number of hydrogen-bond acceptors (Lipinski definition) is 11. The summed E-state index contributed by atoms with van der Waals surface area (Å²) in [7, 11) is 0. The third-order valence-electron chi connectivity index (χ3n) is 12.9. The molecule has 3 amide bonds. The van der Waals surface area contributed by atoms with E-state index in [0.29, 0.717) is 79.0 Å². The van der Waals surface area contributed by atoms with Gasteiger partial charge in [0.25, 0.3) is 0 Å². The van der Waals surface area contributed by atoms with E-state index in [2.05, 4.69) is 63.9 Å². The van der Waals surface area contributed by atoms with Gasteiger partial charge in [0.2, 0.25) is 18.2 Å². The number of amides is 3. The first-order chi connectivity index (χ1) is 31.9. The first-order valence-corrected chi connectivity index (χ1v) is 23.8. The van der Waals surface area contributed by atoms with Crippen molar-refractivity contribution >= 4 is 40.8 Å². The largest absolute Gasteiger partial charge is 0.396 e. The number of nitrogens with one attached hydrogen (secondary N) is 4. The highest BCUT2D eigenvalue weighted by atomic mass is 19.1. The van der Waals surface area contributed by atoms with E-state index in [1.54, 1.807) is 25.3 Å². The minimum atomic E-state index is -0.674. The van der Waals surface area contributed by atoms with Crippen molar-refractivity contribution in [1.82, 2.24) is 30.2 Å². The molecule has 3 fully saturated rings. The Balaban J connectivity index is 0.000000355. The molecular weight excluding hydrogens is 861 g/mol. The summed E-state index contributed by atoms with van der Waals surface area (Å²) < 4.78 is 36.6. The quantitative estimate of drug-likeness (QED) is 0.0332. The zero-order valence-corrected chi connectivity index (χ0v) is 40.7. The van der Waals surface area contributed by atoms with Crippen LogP contribution >= 0.6 is 0 Å². The summed E-state index contributed by atoms with van der Waals surface area (Å²) in [5, 5.41) is 30.3. The van der Waals surface area contributed by atoms with Gasteiger partial charge in [-0.1, -0.05) is 53.7 Å². The number of nitrogens with two attached hydrogens (primary N) is 1. The number of carbonyl (C=O) groups excluding carboxylic acids is 3. The highest BCUT2D eigenvalue weighted by Crippen LogP contribution is 2.47. The maximum atomic E-state index is 15.1. The van der Waals surface area contributed by atoms with Gasteiger partial charge in [-0.05, 0) is 119 Å². The highest BCUT2D eigenvalue weighted by molar-refractivity contribution is 5.95. The van der Waals surface area contributed by atoms with Crippen molar-refractivity contribution in [3.8, 4) is 11.4 Å². The number of pyridine rings is 1. The average Bonchev–Trinajstić information content (AvgIpc) is 3.64. The second kappa shape index (κ2) is 26.4. The predicted octanol–water partition coefficient (Wildman–Crippen LogP) is 7.06. The number of aliphatic hydroxyl groups excluding tert-OH is 2. The molecule has 4 aromatic rings. The summed E-state index contributed by atoms with van der Waals surface area (Å²) in [5.41, 5.74) is 7.30. The van der Waals surface area contributed by atoms with Gasteiger partial charge in [0.05, 0.1) is 25.6 Å². The number of hydrogen-bond donors (Lipinski definition) is 7. The number of rotatable bonds is 21. The van der Waals surface area contributed by atoms with Gasteiger partial charge in [0.1, 0.15) is 17.5 Å². The van der Waals surface area contributed by atoms with Crippen LogP contribution < -0.4 is 27.0 Å². The van der Waals surface area contributed by atoms with E-state index in [-0.39, 0.29) is 54.7 Å². The standard InChI is InChI=1S/C32H35F2N7O3.C13H27NO3.C5H13N/c1-18(37-17-43)32(44)38-23-8-2-19(3-9-23)15-41-16-26(25-12-22(33)13-36-31(25)41)29-35-14-27(34)30(40-29)39-28-21-6-4-20(5-7-21)24(28)10-11-42;1-10(2)11(3)14-12(16)13(4,5)6-8-17-9-7-15;1-5(2)3-4-6/h2-3,8-9,12-14,16-18,20-21,24,28,42H,4-7,10-11,15H2,1H3,(H,37,43)(H,38,44)(H,35,39,40);10-11,15H,6-9H2,1-5H3,(H,14,16);5H,3-4,6H2,1-2H3/t18-,20?,21?,24-,28-;;/m0../s1. The number of nitrogens with zero attached hydrogens (tertiary/aromatic N) is 4. The van der Waals surface area contributed by atoms with Gasteiger partial charge in [-0.3, -0.25) is 14.4 Å². The minimum absolute atomic E-state index is 0.0182. The summed E-state index contributed by atoms with van der Waals surface area (Å²) in [5.74, 6) is 1.36. The fourth-order valence-electron chi connectivity index (χ4n) is 8.39. The van der Waals surface area contributed by atoms with Crippen molar-refractivity contribution in [3.05, 3.63) is 66.1 Å². The summed E-state index contributed by atoms with van der Waals surface area (Å²) in [6.45, 7) is 18.1. The van der Waals surface area contributed by atoms with Crippen molar-refractivity contribution in [2.45, 2.75) is 125 Å². The lowest BCUT2D eigenvalue weighted by Crippen LogP contribution is -2.48. The van der Waals surface area contributed by atoms with Crippen molar-refractivity contribution in [2.24, 2.45) is 40.7 Å². The van der Waals surface area contributed by atoms with E-state index in [1.165, 1.54) is 6.07 Å². The molecule has 67 heavy (non-hydrogen) atoms. The molecule has 3 aliphatic carbocycles. The van der Waals surface area contributed by atoms with E-state index in [0.717, 1.165) is 62.5 Å². The molecule has 0 spiro atoms. The van der Waals surface area contributed by atoms with Crippen LogP contribution in [0.4, 0.5) is 20.3 Å².